The second kappa shape index (κ2) is 8.32. The highest BCUT2D eigenvalue weighted by molar-refractivity contribution is 5.82. The molecule has 1 unspecified atom stereocenters. The molecule has 2 atom stereocenters. The molecule has 0 aliphatic heterocycles. The summed E-state index contributed by atoms with van der Waals surface area (Å²) in [7, 11) is 0. The molecule has 4 N–H and O–H groups in total. The van der Waals surface area contributed by atoms with Gasteiger partial charge in [0.15, 0.2) is 0 Å². The summed E-state index contributed by atoms with van der Waals surface area (Å²) in [5.74, 6) is -1.01. The van der Waals surface area contributed by atoms with Crippen LogP contribution < -0.4 is 11.1 Å². The second-order valence-electron chi connectivity index (χ2n) is 4.99. The molecule has 0 fully saturated rings. The average molecular weight is 278 g/mol. The van der Waals surface area contributed by atoms with Gasteiger partial charge in [-0.3, -0.25) is 9.59 Å². The largest absolute Gasteiger partial charge is 0.481 e. The van der Waals surface area contributed by atoms with Crippen molar-refractivity contribution in [2.75, 3.05) is 0 Å². The number of hydrogen-bond donors (Lipinski definition) is 3. The SMILES string of the molecule is CC(CCCC(=O)O)NC(=O)[C@H](N)Cc1ccccc1. The third kappa shape index (κ3) is 6.33. The zero-order valence-electron chi connectivity index (χ0n) is 11.7. The number of benzene rings is 1. The van der Waals surface area contributed by atoms with Crippen molar-refractivity contribution in [2.45, 2.75) is 44.7 Å². The predicted octanol–water partition coefficient (Wildman–Crippen LogP) is 1.32. The Morgan fingerprint density at radius 2 is 1.95 bits per heavy atom. The van der Waals surface area contributed by atoms with E-state index >= 15 is 0 Å². The van der Waals surface area contributed by atoms with Crippen LogP contribution >= 0.6 is 0 Å². The van der Waals surface area contributed by atoms with E-state index in [1.54, 1.807) is 0 Å². The van der Waals surface area contributed by atoms with E-state index in [2.05, 4.69) is 5.32 Å². The molecule has 0 radical (unpaired) electrons. The van der Waals surface area contributed by atoms with Crippen LogP contribution in [0.4, 0.5) is 0 Å². The fraction of sp³-hybridized carbons (Fsp3) is 0.467. The summed E-state index contributed by atoms with van der Waals surface area (Å²) in [5, 5.41) is 11.4. The first-order valence-corrected chi connectivity index (χ1v) is 6.80. The summed E-state index contributed by atoms with van der Waals surface area (Å²) in [4.78, 5) is 22.3. The molecule has 1 amide bonds. The maximum absolute atomic E-state index is 11.9. The lowest BCUT2D eigenvalue weighted by Gasteiger charge is -2.17. The van der Waals surface area contributed by atoms with Gasteiger partial charge in [-0.15, -0.1) is 0 Å². The topological polar surface area (TPSA) is 92.4 Å². The number of carbonyl (C=O) groups is 2. The molecule has 0 spiro atoms. The molecule has 0 heterocycles. The summed E-state index contributed by atoms with van der Waals surface area (Å²) in [5.41, 5.74) is 6.89. The molecule has 1 aromatic rings. The minimum Gasteiger partial charge on any atom is -0.481 e. The smallest absolute Gasteiger partial charge is 0.303 e. The van der Waals surface area contributed by atoms with Crippen LogP contribution in [-0.4, -0.2) is 29.1 Å². The third-order valence-corrected chi connectivity index (χ3v) is 3.05. The van der Waals surface area contributed by atoms with Crippen molar-refractivity contribution in [3.8, 4) is 0 Å². The van der Waals surface area contributed by atoms with Gasteiger partial charge >= 0.3 is 5.97 Å². The Labute approximate surface area is 119 Å². The number of nitrogens with two attached hydrogens (primary N) is 1. The van der Waals surface area contributed by atoms with Gasteiger partial charge in [0.25, 0.3) is 0 Å². The normalized spacial score (nSPS) is 13.5. The number of aliphatic carboxylic acids is 1. The zero-order valence-corrected chi connectivity index (χ0v) is 11.7. The number of nitrogens with one attached hydrogen (secondary N) is 1. The molecule has 20 heavy (non-hydrogen) atoms. The van der Waals surface area contributed by atoms with Crippen LogP contribution in [0.25, 0.3) is 0 Å². The van der Waals surface area contributed by atoms with Crippen molar-refractivity contribution in [1.29, 1.82) is 0 Å². The average Bonchev–Trinajstić information content (AvgIpc) is 2.39. The van der Waals surface area contributed by atoms with Gasteiger partial charge in [-0.05, 0) is 31.7 Å². The molecule has 0 aliphatic rings. The zero-order chi connectivity index (χ0) is 15.0. The Morgan fingerprint density at radius 1 is 1.30 bits per heavy atom. The Kier molecular flexibility index (Phi) is 6.73. The highest BCUT2D eigenvalue weighted by atomic mass is 16.4. The number of carboxylic acids is 1. The fourth-order valence-electron chi connectivity index (χ4n) is 1.94. The van der Waals surface area contributed by atoms with Crippen molar-refractivity contribution in [1.82, 2.24) is 5.32 Å². The number of carbonyl (C=O) groups excluding carboxylic acids is 1. The highest BCUT2D eigenvalue weighted by Crippen LogP contribution is 2.04. The molecule has 1 rings (SSSR count). The summed E-state index contributed by atoms with van der Waals surface area (Å²) in [6.45, 7) is 1.86. The lowest BCUT2D eigenvalue weighted by molar-refractivity contribution is -0.137. The molecule has 5 nitrogen and oxygen atoms in total. The van der Waals surface area contributed by atoms with Crippen LogP contribution in [0.2, 0.25) is 0 Å². The van der Waals surface area contributed by atoms with E-state index in [4.69, 9.17) is 10.8 Å². The second-order valence-corrected chi connectivity index (χ2v) is 4.99. The van der Waals surface area contributed by atoms with Gasteiger partial charge in [-0.1, -0.05) is 30.3 Å². The van der Waals surface area contributed by atoms with Crippen molar-refractivity contribution >= 4 is 11.9 Å². The molecule has 110 valence electrons. The summed E-state index contributed by atoms with van der Waals surface area (Å²) in [6.07, 6.45) is 1.80. The van der Waals surface area contributed by atoms with E-state index in [1.165, 1.54) is 0 Å². The summed E-state index contributed by atoms with van der Waals surface area (Å²) < 4.78 is 0. The maximum atomic E-state index is 11.9. The predicted molar refractivity (Wildman–Crippen MR) is 77.2 cm³/mol. The van der Waals surface area contributed by atoms with Gasteiger partial charge < -0.3 is 16.2 Å². The van der Waals surface area contributed by atoms with Gasteiger partial charge in [0.1, 0.15) is 0 Å². The lowest BCUT2D eigenvalue weighted by atomic mass is 10.1. The molecule has 0 saturated carbocycles. The van der Waals surface area contributed by atoms with E-state index < -0.39 is 12.0 Å². The van der Waals surface area contributed by atoms with Gasteiger partial charge in [0.2, 0.25) is 5.91 Å². The van der Waals surface area contributed by atoms with Crippen LogP contribution in [0.3, 0.4) is 0 Å². The molecule has 0 saturated heterocycles. The summed E-state index contributed by atoms with van der Waals surface area (Å²) in [6, 6.07) is 8.96. The van der Waals surface area contributed by atoms with Gasteiger partial charge in [0.05, 0.1) is 6.04 Å². The van der Waals surface area contributed by atoms with Crippen molar-refractivity contribution in [3.63, 3.8) is 0 Å². The minimum absolute atomic E-state index is 0.0660. The number of hydrogen-bond acceptors (Lipinski definition) is 3. The lowest BCUT2D eigenvalue weighted by Crippen LogP contribution is -2.45. The first-order valence-electron chi connectivity index (χ1n) is 6.80. The molecular formula is C15H22N2O3. The Hall–Kier alpha value is -1.88. The standard InChI is InChI=1S/C15H22N2O3/c1-11(6-5-9-14(18)19)17-15(20)13(16)10-12-7-3-2-4-8-12/h2-4,7-8,11,13H,5-6,9-10,16H2,1H3,(H,17,20)(H,18,19)/t11?,13-/m1/s1. The van der Waals surface area contributed by atoms with Gasteiger partial charge in [0, 0.05) is 12.5 Å². The number of rotatable bonds is 8. The minimum atomic E-state index is -0.815. The molecule has 0 bridgehead atoms. The number of carboxylic acid groups (broad SMARTS) is 1. The monoisotopic (exact) mass is 278 g/mol. The van der Waals surface area contributed by atoms with Gasteiger partial charge in [-0.2, -0.15) is 0 Å². The van der Waals surface area contributed by atoms with Crippen LogP contribution in [0.1, 0.15) is 31.7 Å². The van der Waals surface area contributed by atoms with Gasteiger partial charge in [-0.25, -0.2) is 0 Å². The van der Waals surface area contributed by atoms with Crippen molar-refractivity contribution < 1.29 is 14.7 Å². The van der Waals surface area contributed by atoms with Crippen molar-refractivity contribution in [2.24, 2.45) is 5.73 Å². The quantitative estimate of drug-likeness (QED) is 0.668. The van der Waals surface area contributed by atoms with E-state index in [1.807, 2.05) is 37.3 Å². The molecule has 1 aromatic carbocycles. The first kappa shape index (κ1) is 16.2. The highest BCUT2D eigenvalue weighted by Gasteiger charge is 2.16. The van der Waals surface area contributed by atoms with Crippen LogP contribution in [0, 0.1) is 0 Å². The van der Waals surface area contributed by atoms with Crippen LogP contribution in [0.15, 0.2) is 30.3 Å². The van der Waals surface area contributed by atoms with E-state index in [0.29, 0.717) is 19.3 Å². The van der Waals surface area contributed by atoms with Crippen molar-refractivity contribution in [3.05, 3.63) is 35.9 Å². The maximum Gasteiger partial charge on any atom is 0.303 e. The first-order chi connectivity index (χ1) is 9.49. The third-order valence-electron chi connectivity index (χ3n) is 3.05. The number of amides is 1. The van der Waals surface area contributed by atoms with E-state index in [9.17, 15) is 9.59 Å². The summed E-state index contributed by atoms with van der Waals surface area (Å²) >= 11 is 0. The van der Waals surface area contributed by atoms with Crippen LogP contribution in [0.5, 0.6) is 0 Å². The molecule has 5 heteroatoms. The molecule has 0 aliphatic carbocycles. The van der Waals surface area contributed by atoms with E-state index in [0.717, 1.165) is 5.56 Å². The fourth-order valence-corrected chi connectivity index (χ4v) is 1.94. The van der Waals surface area contributed by atoms with Crippen LogP contribution in [-0.2, 0) is 16.0 Å². The Bertz CT molecular complexity index is 434. The van der Waals surface area contributed by atoms with E-state index in [-0.39, 0.29) is 18.4 Å². The Morgan fingerprint density at radius 3 is 2.55 bits per heavy atom. The molecule has 0 aromatic heterocycles. The Balaban J connectivity index is 2.32. The molecular weight excluding hydrogens is 256 g/mol.